The van der Waals surface area contributed by atoms with E-state index in [1.165, 1.54) is 5.56 Å². The van der Waals surface area contributed by atoms with E-state index in [1.807, 2.05) is 72.8 Å². The molecule has 0 unspecified atom stereocenters. The Bertz CT molecular complexity index is 1170. The summed E-state index contributed by atoms with van der Waals surface area (Å²) in [6.45, 7) is 2.77. The Morgan fingerprint density at radius 1 is 0.970 bits per heavy atom. The molecule has 170 valence electrons. The normalized spacial score (nSPS) is 16.5. The summed E-state index contributed by atoms with van der Waals surface area (Å²) in [4.78, 5) is 15.7. The molecule has 4 nitrogen and oxygen atoms in total. The molecule has 1 aromatic heterocycles. The molecule has 5 rings (SSSR count). The zero-order valence-corrected chi connectivity index (χ0v) is 20.2. The summed E-state index contributed by atoms with van der Waals surface area (Å²) >= 11 is 0. The monoisotopic (exact) mass is 504 g/mol. The number of amides is 1. The molecule has 0 spiro atoms. The molecule has 5 heteroatoms. The van der Waals surface area contributed by atoms with Gasteiger partial charge >= 0.3 is 0 Å². The zero-order valence-electron chi connectivity index (χ0n) is 18.5. The highest BCUT2D eigenvalue weighted by Crippen LogP contribution is 2.43. The molecule has 1 amide bonds. The predicted molar refractivity (Wildman–Crippen MR) is 138 cm³/mol. The van der Waals surface area contributed by atoms with Crippen LogP contribution in [0.2, 0.25) is 0 Å². The van der Waals surface area contributed by atoms with Gasteiger partial charge in [-0.2, -0.15) is 0 Å². The van der Waals surface area contributed by atoms with Crippen LogP contribution in [0.25, 0.3) is 11.0 Å². The number of benzene rings is 3. The number of hydrogen-bond donors (Lipinski definition) is 1. The lowest BCUT2D eigenvalue weighted by Gasteiger charge is -2.37. The lowest BCUT2D eigenvalue weighted by molar-refractivity contribution is -0.123. The van der Waals surface area contributed by atoms with Gasteiger partial charge in [-0.3, -0.25) is 4.79 Å². The van der Waals surface area contributed by atoms with Gasteiger partial charge in [-0.05, 0) is 60.2 Å². The van der Waals surface area contributed by atoms with Crippen LogP contribution in [0.15, 0.2) is 95.6 Å². The van der Waals surface area contributed by atoms with E-state index < -0.39 is 5.41 Å². The summed E-state index contributed by atoms with van der Waals surface area (Å²) in [6, 6.07) is 28.5. The number of halogens is 1. The molecule has 2 N–H and O–H groups in total. The van der Waals surface area contributed by atoms with Gasteiger partial charge in [0.05, 0.1) is 6.26 Å². The maximum absolute atomic E-state index is 13.2. The van der Waals surface area contributed by atoms with E-state index in [4.69, 9.17) is 10.2 Å². The van der Waals surface area contributed by atoms with Crippen LogP contribution in [-0.2, 0) is 16.6 Å². The number of nitrogens with zero attached hydrogens (tertiary/aromatic N) is 1. The Morgan fingerprint density at radius 3 is 2.27 bits per heavy atom. The summed E-state index contributed by atoms with van der Waals surface area (Å²) in [5.41, 5.74) is 9.56. The molecule has 1 atom stereocenters. The average molecular weight is 505 g/mol. The Kier molecular flexibility index (Phi) is 7.01. The standard InChI is InChI=1S/C28H28N2O2.BrH/c29-27(31)28(23-7-3-1-4-8-23,24-9-5-2-6-10-24)25-14-17-30(20-25)16-13-21-11-12-26-22(19-21)15-18-32-26;/h1-12,15,18-19,25H,13-14,16-17,20H2,(H2,29,31);1H/t25-;/m1./s1. The SMILES string of the molecule is Br.NC(=O)C(c1ccccc1)(c1ccccc1)[C@@H]1CCN(CCc2ccc3occc3c2)C1. The van der Waals surface area contributed by atoms with Crippen LogP contribution in [0.4, 0.5) is 0 Å². The van der Waals surface area contributed by atoms with Gasteiger partial charge in [0, 0.05) is 18.5 Å². The number of carbonyl (C=O) groups is 1. The van der Waals surface area contributed by atoms with Crippen molar-refractivity contribution in [3.8, 4) is 0 Å². The first-order valence-electron chi connectivity index (χ1n) is 11.3. The van der Waals surface area contributed by atoms with Crippen LogP contribution >= 0.6 is 17.0 Å². The van der Waals surface area contributed by atoms with Crippen LogP contribution in [0, 0.1) is 5.92 Å². The van der Waals surface area contributed by atoms with Gasteiger partial charge in [0.15, 0.2) is 0 Å². The third-order valence-corrected chi connectivity index (χ3v) is 6.97. The summed E-state index contributed by atoms with van der Waals surface area (Å²) in [5, 5.41) is 1.14. The third kappa shape index (κ3) is 4.35. The van der Waals surface area contributed by atoms with Gasteiger partial charge in [0.1, 0.15) is 11.0 Å². The first-order valence-corrected chi connectivity index (χ1v) is 11.3. The molecule has 1 fully saturated rings. The van der Waals surface area contributed by atoms with E-state index in [-0.39, 0.29) is 28.8 Å². The summed E-state index contributed by atoms with van der Waals surface area (Å²) in [5.74, 6) is -0.145. The number of hydrogen-bond acceptors (Lipinski definition) is 3. The number of likely N-dealkylation sites (tertiary alicyclic amines) is 1. The molecule has 1 aliphatic rings. The van der Waals surface area contributed by atoms with Crippen molar-refractivity contribution in [2.45, 2.75) is 18.3 Å². The maximum Gasteiger partial charge on any atom is 0.232 e. The predicted octanol–water partition coefficient (Wildman–Crippen LogP) is 5.35. The third-order valence-electron chi connectivity index (χ3n) is 6.97. The quantitative estimate of drug-likeness (QED) is 0.369. The Balaban J connectivity index is 0.00000259. The first-order chi connectivity index (χ1) is 15.7. The first kappa shape index (κ1) is 23.3. The molecule has 1 saturated heterocycles. The van der Waals surface area contributed by atoms with Crippen LogP contribution in [-0.4, -0.2) is 30.4 Å². The second-order valence-electron chi connectivity index (χ2n) is 8.73. The van der Waals surface area contributed by atoms with Crippen LogP contribution < -0.4 is 5.73 Å². The molecule has 0 bridgehead atoms. The number of carbonyl (C=O) groups excluding carboxylic acids is 1. The van der Waals surface area contributed by atoms with E-state index in [1.54, 1.807) is 6.26 Å². The Morgan fingerprint density at radius 2 is 1.64 bits per heavy atom. The van der Waals surface area contributed by atoms with Crippen LogP contribution in [0.5, 0.6) is 0 Å². The van der Waals surface area contributed by atoms with Crippen LogP contribution in [0.3, 0.4) is 0 Å². The number of fused-ring (bicyclic) bond motifs is 1. The molecule has 0 radical (unpaired) electrons. The fourth-order valence-electron chi connectivity index (χ4n) is 5.37. The highest BCUT2D eigenvalue weighted by atomic mass is 79.9. The molecule has 2 heterocycles. The minimum absolute atomic E-state index is 0. The van der Waals surface area contributed by atoms with Crippen molar-refractivity contribution in [2.24, 2.45) is 11.7 Å². The Labute approximate surface area is 205 Å². The second kappa shape index (κ2) is 9.94. The van der Waals surface area contributed by atoms with E-state index in [9.17, 15) is 4.79 Å². The van der Waals surface area contributed by atoms with Gasteiger partial charge in [0.2, 0.25) is 5.91 Å². The molecular formula is C28H29BrN2O2. The maximum atomic E-state index is 13.2. The fraction of sp³-hybridized carbons (Fsp3) is 0.250. The van der Waals surface area contributed by atoms with Crippen LogP contribution in [0.1, 0.15) is 23.1 Å². The highest BCUT2D eigenvalue weighted by Gasteiger charge is 2.49. The lowest BCUT2D eigenvalue weighted by Crippen LogP contribution is -2.49. The fourth-order valence-corrected chi connectivity index (χ4v) is 5.37. The van der Waals surface area contributed by atoms with Gasteiger partial charge in [0.25, 0.3) is 0 Å². The summed E-state index contributed by atoms with van der Waals surface area (Å²) < 4.78 is 5.45. The topological polar surface area (TPSA) is 59.5 Å². The minimum atomic E-state index is -0.826. The van der Waals surface area contributed by atoms with E-state index in [0.29, 0.717) is 0 Å². The molecule has 0 saturated carbocycles. The zero-order chi connectivity index (χ0) is 22.0. The summed E-state index contributed by atoms with van der Waals surface area (Å²) in [7, 11) is 0. The number of nitrogens with two attached hydrogens (primary N) is 1. The van der Waals surface area contributed by atoms with Crippen molar-refractivity contribution in [3.63, 3.8) is 0 Å². The molecule has 1 aliphatic heterocycles. The van der Waals surface area contributed by atoms with Gasteiger partial charge < -0.3 is 15.1 Å². The van der Waals surface area contributed by atoms with Crippen molar-refractivity contribution in [2.75, 3.05) is 19.6 Å². The smallest absolute Gasteiger partial charge is 0.232 e. The summed E-state index contributed by atoms with van der Waals surface area (Å²) in [6.07, 6.45) is 3.64. The van der Waals surface area contributed by atoms with Crippen molar-refractivity contribution in [1.82, 2.24) is 4.90 Å². The van der Waals surface area contributed by atoms with Crippen molar-refractivity contribution in [3.05, 3.63) is 108 Å². The van der Waals surface area contributed by atoms with Crippen molar-refractivity contribution < 1.29 is 9.21 Å². The van der Waals surface area contributed by atoms with Crippen molar-refractivity contribution >= 4 is 33.9 Å². The van der Waals surface area contributed by atoms with E-state index >= 15 is 0 Å². The van der Waals surface area contributed by atoms with E-state index in [0.717, 1.165) is 54.6 Å². The minimum Gasteiger partial charge on any atom is -0.464 e. The van der Waals surface area contributed by atoms with E-state index in [2.05, 4.69) is 17.0 Å². The highest BCUT2D eigenvalue weighted by molar-refractivity contribution is 8.93. The number of primary amides is 1. The Hall–Kier alpha value is -2.89. The lowest BCUT2D eigenvalue weighted by atomic mass is 9.64. The average Bonchev–Trinajstić information content (AvgIpc) is 3.49. The molecule has 4 aromatic rings. The number of rotatable bonds is 7. The molecular weight excluding hydrogens is 476 g/mol. The number of furan rings is 1. The van der Waals surface area contributed by atoms with Crippen molar-refractivity contribution in [1.29, 1.82) is 0 Å². The second-order valence-corrected chi connectivity index (χ2v) is 8.73. The van der Waals surface area contributed by atoms with Gasteiger partial charge in [-0.25, -0.2) is 0 Å². The van der Waals surface area contributed by atoms with Gasteiger partial charge in [-0.1, -0.05) is 66.7 Å². The molecule has 0 aliphatic carbocycles. The molecule has 3 aromatic carbocycles. The molecule has 33 heavy (non-hydrogen) atoms. The largest absolute Gasteiger partial charge is 0.464 e. The van der Waals surface area contributed by atoms with Gasteiger partial charge in [-0.15, -0.1) is 17.0 Å².